The lowest BCUT2D eigenvalue weighted by Crippen LogP contribution is -2.40. The van der Waals surface area contributed by atoms with Crippen LogP contribution in [0.4, 0.5) is 0 Å². The Labute approximate surface area is 197 Å². The predicted octanol–water partition coefficient (Wildman–Crippen LogP) is 3.46. The third-order valence-electron chi connectivity index (χ3n) is 6.19. The van der Waals surface area contributed by atoms with Gasteiger partial charge in [0.25, 0.3) is 11.8 Å². The smallest absolute Gasteiger partial charge is 0.258 e. The van der Waals surface area contributed by atoms with E-state index in [2.05, 4.69) is 5.32 Å². The molecule has 0 fully saturated rings. The molecule has 3 aromatic rings. The minimum atomic E-state index is -0.357. The van der Waals surface area contributed by atoms with Crippen LogP contribution < -0.4 is 14.8 Å². The first kappa shape index (κ1) is 21.8. The maximum absolute atomic E-state index is 13.6. The average molecular weight is 459 g/mol. The predicted molar refractivity (Wildman–Crippen MR) is 126 cm³/mol. The lowest BCUT2D eigenvalue weighted by Gasteiger charge is -2.38. The van der Waals surface area contributed by atoms with Gasteiger partial charge in [0, 0.05) is 13.1 Å². The first-order chi connectivity index (χ1) is 16.6. The largest absolute Gasteiger partial charge is 0.507 e. The first-order valence-corrected chi connectivity index (χ1v) is 11.4. The molecule has 1 unspecified atom stereocenters. The average Bonchev–Trinajstić information content (AvgIpc) is 2.86. The topological polar surface area (TPSA) is 88.1 Å². The summed E-state index contributed by atoms with van der Waals surface area (Å²) >= 11 is 0. The lowest BCUT2D eigenvalue weighted by atomic mass is 9.87. The number of nitrogens with zero attached hydrogens (tertiary/aromatic N) is 1. The van der Waals surface area contributed by atoms with E-state index in [0.717, 1.165) is 16.7 Å². The summed E-state index contributed by atoms with van der Waals surface area (Å²) in [7, 11) is 0. The summed E-state index contributed by atoms with van der Waals surface area (Å²) in [5, 5.41) is 13.2. The molecule has 3 aliphatic rings. The van der Waals surface area contributed by atoms with Crippen molar-refractivity contribution in [3.8, 4) is 17.2 Å². The fourth-order valence-electron chi connectivity index (χ4n) is 4.54. The Hall–Kier alpha value is -4.00. The van der Waals surface area contributed by atoms with E-state index in [9.17, 15) is 14.7 Å². The van der Waals surface area contributed by atoms with Gasteiger partial charge in [-0.3, -0.25) is 9.59 Å². The minimum Gasteiger partial charge on any atom is -0.507 e. The normalized spacial score (nSPS) is 17.9. The maximum atomic E-state index is 13.6. The van der Waals surface area contributed by atoms with Gasteiger partial charge in [0.15, 0.2) is 6.61 Å². The van der Waals surface area contributed by atoms with E-state index in [1.54, 1.807) is 23.1 Å². The zero-order chi connectivity index (χ0) is 23.5. The number of carbonyl (C=O) groups is 2. The molecule has 6 bridgehead atoms. The summed E-state index contributed by atoms with van der Waals surface area (Å²) in [5.74, 6) is 0.886. The Kier molecular flexibility index (Phi) is 6.08. The molecule has 0 aliphatic carbocycles. The van der Waals surface area contributed by atoms with Crippen LogP contribution in [0.2, 0.25) is 0 Å². The SMILES string of the molecule is O=C1COc2ccc3c(c2)CCN(C(=O)c2ccccc2O)C3c2cccc(c2)OCCCN1. The summed E-state index contributed by atoms with van der Waals surface area (Å²) < 4.78 is 11.6. The summed E-state index contributed by atoms with van der Waals surface area (Å²) in [4.78, 5) is 27.5. The van der Waals surface area contributed by atoms with Crippen molar-refractivity contribution in [1.82, 2.24) is 10.2 Å². The Bertz CT molecular complexity index is 1230. The number of nitrogens with one attached hydrogen (secondary N) is 1. The summed E-state index contributed by atoms with van der Waals surface area (Å²) in [6.45, 7) is 1.37. The highest BCUT2D eigenvalue weighted by Gasteiger charge is 2.34. The second-order valence-electron chi connectivity index (χ2n) is 8.44. The van der Waals surface area contributed by atoms with Crippen LogP contribution in [-0.4, -0.2) is 48.1 Å². The maximum Gasteiger partial charge on any atom is 0.258 e. The van der Waals surface area contributed by atoms with Crippen molar-refractivity contribution in [2.24, 2.45) is 0 Å². The van der Waals surface area contributed by atoms with Crippen molar-refractivity contribution in [2.45, 2.75) is 18.9 Å². The molecule has 2 N–H and O–H groups in total. The van der Waals surface area contributed by atoms with Crippen molar-refractivity contribution < 1.29 is 24.2 Å². The lowest BCUT2D eigenvalue weighted by molar-refractivity contribution is -0.123. The van der Waals surface area contributed by atoms with Crippen molar-refractivity contribution >= 4 is 11.8 Å². The Morgan fingerprint density at radius 3 is 2.74 bits per heavy atom. The van der Waals surface area contributed by atoms with Crippen LogP contribution in [0.5, 0.6) is 17.2 Å². The second kappa shape index (κ2) is 9.47. The number of para-hydroxylation sites is 1. The molecule has 3 aromatic carbocycles. The van der Waals surface area contributed by atoms with Gasteiger partial charge in [-0.2, -0.15) is 0 Å². The van der Waals surface area contributed by atoms with Crippen LogP contribution in [-0.2, 0) is 11.2 Å². The van der Waals surface area contributed by atoms with Crippen LogP contribution in [0.25, 0.3) is 0 Å². The second-order valence-corrected chi connectivity index (χ2v) is 8.44. The van der Waals surface area contributed by atoms with E-state index in [0.29, 0.717) is 44.0 Å². The van der Waals surface area contributed by atoms with E-state index in [4.69, 9.17) is 9.47 Å². The van der Waals surface area contributed by atoms with Gasteiger partial charge < -0.3 is 24.8 Å². The van der Waals surface area contributed by atoms with Crippen molar-refractivity contribution in [1.29, 1.82) is 0 Å². The number of rotatable bonds is 1. The quantitative estimate of drug-likeness (QED) is 0.583. The molecular weight excluding hydrogens is 432 g/mol. The van der Waals surface area contributed by atoms with Gasteiger partial charge in [-0.1, -0.05) is 30.3 Å². The van der Waals surface area contributed by atoms with Crippen LogP contribution in [0, 0.1) is 0 Å². The summed E-state index contributed by atoms with van der Waals surface area (Å²) in [5.41, 5.74) is 3.24. The summed E-state index contributed by atoms with van der Waals surface area (Å²) in [6.07, 6.45) is 1.29. The van der Waals surface area contributed by atoms with Crippen molar-refractivity contribution in [3.05, 3.63) is 89.0 Å². The third-order valence-corrected chi connectivity index (χ3v) is 6.19. The first-order valence-electron chi connectivity index (χ1n) is 11.4. The Balaban J connectivity index is 1.59. The molecule has 0 aromatic heterocycles. The highest BCUT2D eigenvalue weighted by atomic mass is 16.5. The van der Waals surface area contributed by atoms with Gasteiger partial charge in [-0.25, -0.2) is 0 Å². The molecule has 0 radical (unpaired) electrons. The number of carbonyl (C=O) groups excluding carboxylic acids is 2. The van der Waals surface area contributed by atoms with E-state index >= 15 is 0 Å². The van der Waals surface area contributed by atoms with Crippen molar-refractivity contribution in [2.75, 3.05) is 26.3 Å². The zero-order valence-corrected chi connectivity index (χ0v) is 18.7. The number of hydrogen-bond acceptors (Lipinski definition) is 5. The third kappa shape index (κ3) is 4.41. The highest BCUT2D eigenvalue weighted by molar-refractivity contribution is 5.97. The number of aromatic hydroxyl groups is 1. The number of phenolic OH excluding ortho intramolecular Hbond substituents is 1. The molecule has 3 aliphatic heterocycles. The molecule has 6 rings (SSSR count). The number of benzene rings is 3. The molecule has 34 heavy (non-hydrogen) atoms. The van der Waals surface area contributed by atoms with Gasteiger partial charge in [-0.15, -0.1) is 0 Å². The van der Waals surface area contributed by atoms with Gasteiger partial charge in [0.1, 0.15) is 17.2 Å². The van der Waals surface area contributed by atoms with E-state index in [-0.39, 0.29) is 35.8 Å². The van der Waals surface area contributed by atoms with Gasteiger partial charge in [0.05, 0.1) is 18.2 Å². The van der Waals surface area contributed by atoms with Gasteiger partial charge >= 0.3 is 0 Å². The highest BCUT2D eigenvalue weighted by Crippen LogP contribution is 2.39. The monoisotopic (exact) mass is 458 g/mol. The molecule has 3 heterocycles. The van der Waals surface area contributed by atoms with Crippen molar-refractivity contribution in [3.63, 3.8) is 0 Å². The standard InChI is InChI=1S/C27H26N2O5/c30-24-8-2-1-7-23(24)27(32)29-13-11-18-15-21-9-10-22(18)26(29)19-5-3-6-20(16-19)33-14-4-12-28-25(31)17-34-21/h1-3,5-10,15-16,26,30H,4,11-14,17H2,(H,28,31). The van der Waals surface area contributed by atoms with E-state index in [1.807, 2.05) is 42.5 Å². The fraction of sp³-hybridized carbons (Fsp3) is 0.259. The zero-order valence-electron chi connectivity index (χ0n) is 18.7. The van der Waals surface area contributed by atoms with Crippen LogP contribution in [0.1, 0.15) is 39.5 Å². The Morgan fingerprint density at radius 2 is 1.85 bits per heavy atom. The molecular formula is C27H26N2O5. The number of hydrogen-bond donors (Lipinski definition) is 2. The van der Waals surface area contributed by atoms with E-state index < -0.39 is 0 Å². The van der Waals surface area contributed by atoms with Gasteiger partial charge in [0.2, 0.25) is 0 Å². The number of ether oxygens (including phenoxy) is 2. The molecule has 1 atom stereocenters. The number of fused-ring (bicyclic) bond motifs is 8. The minimum absolute atomic E-state index is 0.0365. The van der Waals surface area contributed by atoms with Crippen LogP contribution in [0.15, 0.2) is 66.7 Å². The summed E-state index contributed by atoms with van der Waals surface area (Å²) in [6, 6.07) is 19.8. The van der Waals surface area contributed by atoms with Gasteiger partial charge in [-0.05, 0) is 65.9 Å². The molecule has 0 saturated heterocycles. The molecule has 0 spiro atoms. The Morgan fingerprint density at radius 1 is 1.00 bits per heavy atom. The molecule has 174 valence electrons. The van der Waals surface area contributed by atoms with E-state index in [1.165, 1.54) is 6.07 Å². The van der Waals surface area contributed by atoms with Crippen LogP contribution in [0.3, 0.4) is 0 Å². The number of amides is 2. The molecule has 7 nitrogen and oxygen atoms in total. The molecule has 7 heteroatoms. The molecule has 2 amide bonds. The fourth-order valence-corrected chi connectivity index (χ4v) is 4.54. The number of phenols is 1. The molecule has 0 saturated carbocycles. The van der Waals surface area contributed by atoms with Crippen LogP contribution >= 0.6 is 0 Å².